The first-order valence-electron chi connectivity index (χ1n) is 6.85. The van der Waals surface area contributed by atoms with Crippen molar-refractivity contribution >= 4 is 11.7 Å². The van der Waals surface area contributed by atoms with Gasteiger partial charge in [-0.2, -0.15) is 0 Å². The van der Waals surface area contributed by atoms with Crippen molar-refractivity contribution in [2.24, 2.45) is 0 Å². The van der Waals surface area contributed by atoms with E-state index < -0.39 is 0 Å². The molecule has 0 unspecified atom stereocenters. The predicted molar refractivity (Wildman–Crippen MR) is 75.3 cm³/mol. The number of ketones is 1. The van der Waals surface area contributed by atoms with Crippen molar-refractivity contribution in [3.63, 3.8) is 0 Å². The van der Waals surface area contributed by atoms with Crippen molar-refractivity contribution in [2.45, 2.75) is 45.6 Å². The van der Waals surface area contributed by atoms with Gasteiger partial charge in [-0.15, -0.1) is 0 Å². The number of carbonyl (C=O) groups excluding carboxylic acids is 2. The van der Waals surface area contributed by atoms with E-state index in [-0.39, 0.29) is 11.9 Å². The molecule has 1 aromatic rings. The quantitative estimate of drug-likeness (QED) is 0.819. The van der Waals surface area contributed by atoms with Crippen LogP contribution in [0.15, 0.2) is 18.2 Å². The Hall–Kier alpha value is -1.64. The second-order valence-electron chi connectivity index (χ2n) is 5.45. The summed E-state index contributed by atoms with van der Waals surface area (Å²) in [6, 6.07) is 6.11. The molecule has 0 spiro atoms. The summed E-state index contributed by atoms with van der Waals surface area (Å²) in [7, 11) is 1.86. The number of hydrogen-bond donors (Lipinski definition) is 0. The summed E-state index contributed by atoms with van der Waals surface area (Å²) in [5, 5.41) is 0. The standard InChI is InChI=1S/C16H21NO2/c1-11-5-4-6-12(2)15(11)16(19)17(3)13-7-9-14(18)10-8-13/h4-6,13H,7-10H2,1-3H3. The van der Waals surface area contributed by atoms with E-state index in [0.717, 1.165) is 29.5 Å². The Morgan fingerprint density at radius 2 is 1.68 bits per heavy atom. The lowest BCUT2D eigenvalue weighted by Gasteiger charge is -2.31. The van der Waals surface area contributed by atoms with Crippen LogP contribution < -0.4 is 0 Å². The SMILES string of the molecule is Cc1cccc(C)c1C(=O)N(C)C1CCC(=O)CC1. The molecule has 2 rings (SSSR count). The second kappa shape index (κ2) is 5.55. The summed E-state index contributed by atoms with van der Waals surface area (Å²) in [6.45, 7) is 3.94. The van der Waals surface area contributed by atoms with Crippen molar-refractivity contribution in [3.8, 4) is 0 Å². The molecule has 1 aliphatic rings. The molecule has 0 atom stereocenters. The maximum atomic E-state index is 12.6. The summed E-state index contributed by atoms with van der Waals surface area (Å²) in [6.07, 6.45) is 2.81. The lowest BCUT2D eigenvalue weighted by molar-refractivity contribution is -0.121. The number of amides is 1. The molecule has 102 valence electrons. The average Bonchev–Trinajstić information content (AvgIpc) is 2.38. The van der Waals surface area contributed by atoms with E-state index in [1.807, 2.05) is 44.0 Å². The lowest BCUT2D eigenvalue weighted by Crippen LogP contribution is -2.40. The third-order valence-corrected chi connectivity index (χ3v) is 4.08. The first-order valence-corrected chi connectivity index (χ1v) is 6.85. The van der Waals surface area contributed by atoms with Gasteiger partial charge in [-0.1, -0.05) is 18.2 Å². The lowest BCUT2D eigenvalue weighted by atomic mass is 9.92. The van der Waals surface area contributed by atoms with Gasteiger partial charge in [-0.05, 0) is 37.8 Å². The third-order valence-electron chi connectivity index (χ3n) is 4.08. The molecular formula is C16H21NO2. The molecule has 1 aromatic carbocycles. The fourth-order valence-corrected chi connectivity index (χ4v) is 2.81. The highest BCUT2D eigenvalue weighted by Crippen LogP contribution is 2.23. The van der Waals surface area contributed by atoms with Crippen LogP contribution in [0.4, 0.5) is 0 Å². The van der Waals surface area contributed by atoms with Gasteiger partial charge in [0.25, 0.3) is 5.91 Å². The summed E-state index contributed by atoms with van der Waals surface area (Å²) < 4.78 is 0. The number of aryl methyl sites for hydroxylation is 2. The van der Waals surface area contributed by atoms with Gasteiger partial charge in [0.05, 0.1) is 0 Å². The number of hydrogen-bond acceptors (Lipinski definition) is 2. The Labute approximate surface area is 114 Å². The Balaban J connectivity index is 2.17. The van der Waals surface area contributed by atoms with Crippen LogP contribution in [0.1, 0.15) is 47.2 Å². The zero-order valence-corrected chi connectivity index (χ0v) is 11.9. The number of benzene rings is 1. The monoisotopic (exact) mass is 259 g/mol. The minimum Gasteiger partial charge on any atom is -0.339 e. The molecule has 1 fully saturated rings. The van der Waals surface area contributed by atoms with Crippen molar-refractivity contribution in [1.82, 2.24) is 4.90 Å². The average molecular weight is 259 g/mol. The Morgan fingerprint density at radius 3 is 2.21 bits per heavy atom. The highest BCUT2D eigenvalue weighted by Gasteiger charge is 2.27. The van der Waals surface area contributed by atoms with E-state index >= 15 is 0 Å². The minimum atomic E-state index is 0.0787. The van der Waals surface area contributed by atoms with Crippen LogP contribution >= 0.6 is 0 Å². The van der Waals surface area contributed by atoms with Gasteiger partial charge in [-0.3, -0.25) is 9.59 Å². The summed E-state index contributed by atoms with van der Waals surface area (Å²) in [4.78, 5) is 25.7. The first-order chi connectivity index (χ1) is 9.00. The number of Topliss-reactive ketones (excluding diaryl/α,β-unsaturated/α-hetero) is 1. The smallest absolute Gasteiger partial charge is 0.254 e. The van der Waals surface area contributed by atoms with Gasteiger partial charge in [-0.25, -0.2) is 0 Å². The number of nitrogens with zero attached hydrogens (tertiary/aromatic N) is 1. The predicted octanol–water partition coefficient (Wildman–Crippen LogP) is 2.89. The molecule has 0 bridgehead atoms. The molecule has 0 aliphatic heterocycles. The van der Waals surface area contributed by atoms with Crippen molar-refractivity contribution in [3.05, 3.63) is 34.9 Å². The van der Waals surface area contributed by atoms with Crippen LogP contribution in [0.5, 0.6) is 0 Å². The van der Waals surface area contributed by atoms with Crippen molar-refractivity contribution in [1.29, 1.82) is 0 Å². The fraction of sp³-hybridized carbons (Fsp3) is 0.500. The van der Waals surface area contributed by atoms with E-state index in [4.69, 9.17) is 0 Å². The number of carbonyl (C=O) groups is 2. The van der Waals surface area contributed by atoms with E-state index in [2.05, 4.69) is 0 Å². The van der Waals surface area contributed by atoms with Crippen LogP contribution in [0.2, 0.25) is 0 Å². The van der Waals surface area contributed by atoms with Crippen LogP contribution in [-0.4, -0.2) is 29.7 Å². The molecule has 3 heteroatoms. The summed E-state index contributed by atoms with van der Waals surface area (Å²) in [5.74, 6) is 0.402. The van der Waals surface area contributed by atoms with Crippen LogP contribution in [0.3, 0.4) is 0 Å². The molecule has 0 saturated heterocycles. The zero-order valence-electron chi connectivity index (χ0n) is 11.9. The van der Waals surface area contributed by atoms with Gasteiger partial charge >= 0.3 is 0 Å². The van der Waals surface area contributed by atoms with E-state index in [1.165, 1.54) is 0 Å². The maximum absolute atomic E-state index is 12.6. The van der Waals surface area contributed by atoms with Gasteiger partial charge in [0.2, 0.25) is 0 Å². The van der Waals surface area contributed by atoms with Crippen molar-refractivity contribution < 1.29 is 9.59 Å². The highest BCUT2D eigenvalue weighted by molar-refractivity contribution is 5.97. The van der Waals surface area contributed by atoms with E-state index in [9.17, 15) is 9.59 Å². The van der Waals surface area contributed by atoms with Crippen LogP contribution in [-0.2, 0) is 4.79 Å². The zero-order chi connectivity index (χ0) is 14.0. The minimum absolute atomic E-state index is 0.0787. The number of rotatable bonds is 2. The molecule has 1 amide bonds. The largest absolute Gasteiger partial charge is 0.339 e. The first kappa shape index (κ1) is 13.8. The normalized spacial score (nSPS) is 16.5. The molecular weight excluding hydrogens is 238 g/mol. The molecule has 0 heterocycles. The molecule has 1 aliphatic carbocycles. The second-order valence-corrected chi connectivity index (χ2v) is 5.45. The summed E-state index contributed by atoms with van der Waals surface area (Å²) >= 11 is 0. The molecule has 19 heavy (non-hydrogen) atoms. The Bertz CT molecular complexity index is 477. The van der Waals surface area contributed by atoms with Gasteiger partial charge < -0.3 is 4.90 Å². The van der Waals surface area contributed by atoms with Crippen LogP contribution in [0, 0.1) is 13.8 Å². The van der Waals surface area contributed by atoms with Gasteiger partial charge in [0, 0.05) is 31.5 Å². The van der Waals surface area contributed by atoms with Crippen LogP contribution in [0.25, 0.3) is 0 Å². The summed E-state index contributed by atoms with van der Waals surface area (Å²) in [5.41, 5.74) is 2.84. The van der Waals surface area contributed by atoms with E-state index in [1.54, 1.807) is 0 Å². The Kier molecular flexibility index (Phi) is 4.03. The van der Waals surface area contributed by atoms with Crippen molar-refractivity contribution in [2.75, 3.05) is 7.05 Å². The maximum Gasteiger partial charge on any atom is 0.254 e. The highest BCUT2D eigenvalue weighted by atomic mass is 16.2. The molecule has 1 saturated carbocycles. The topological polar surface area (TPSA) is 37.4 Å². The van der Waals surface area contributed by atoms with Gasteiger partial charge in [0.1, 0.15) is 5.78 Å². The molecule has 0 radical (unpaired) electrons. The molecule has 0 aromatic heterocycles. The van der Waals surface area contributed by atoms with Gasteiger partial charge in [0.15, 0.2) is 0 Å². The fourth-order valence-electron chi connectivity index (χ4n) is 2.81. The van der Waals surface area contributed by atoms with E-state index in [0.29, 0.717) is 18.6 Å². The third kappa shape index (κ3) is 2.86. The Morgan fingerprint density at radius 1 is 1.16 bits per heavy atom. The molecule has 0 N–H and O–H groups in total. The molecule has 3 nitrogen and oxygen atoms in total.